The van der Waals surface area contributed by atoms with E-state index in [-0.39, 0.29) is 0 Å². The minimum Gasteiger partial charge on any atom is -0.310 e. The molecule has 1 fully saturated rings. The molecule has 0 saturated heterocycles. The third-order valence-electron chi connectivity index (χ3n) is 4.17. The first-order chi connectivity index (χ1) is 6.87. The first-order valence-corrected chi connectivity index (χ1v) is 6.50. The van der Waals surface area contributed by atoms with E-state index in [0.29, 0.717) is 5.54 Å². The smallest absolute Gasteiger partial charge is 0.0475 e. The van der Waals surface area contributed by atoms with Gasteiger partial charge in [0.15, 0.2) is 0 Å². The Bertz CT molecular complexity index is 344. The molecule has 1 aromatic rings. The fraction of sp³-hybridized carbons (Fsp3) is 0.667. The molecule has 2 aliphatic carbocycles. The van der Waals surface area contributed by atoms with Crippen molar-refractivity contribution in [2.45, 2.75) is 37.6 Å². The van der Waals surface area contributed by atoms with Crippen LogP contribution in [0.3, 0.4) is 0 Å². The van der Waals surface area contributed by atoms with E-state index in [2.05, 4.69) is 23.8 Å². The largest absolute Gasteiger partial charge is 0.310 e. The molecule has 0 radical (unpaired) electrons. The quantitative estimate of drug-likeness (QED) is 0.746. The zero-order chi connectivity index (χ0) is 9.60. The zero-order valence-corrected chi connectivity index (χ0v) is 9.49. The second-order valence-corrected chi connectivity index (χ2v) is 5.63. The van der Waals surface area contributed by atoms with Crippen LogP contribution in [0.15, 0.2) is 11.4 Å². The van der Waals surface area contributed by atoms with Crippen molar-refractivity contribution >= 4 is 11.3 Å². The van der Waals surface area contributed by atoms with Crippen LogP contribution < -0.4 is 5.32 Å². The molecule has 76 valence electrons. The summed E-state index contributed by atoms with van der Waals surface area (Å²) in [5.74, 6) is 0.878. The molecule has 14 heavy (non-hydrogen) atoms. The third kappa shape index (κ3) is 0.986. The van der Waals surface area contributed by atoms with Crippen molar-refractivity contribution in [3.8, 4) is 0 Å². The van der Waals surface area contributed by atoms with Crippen LogP contribution in [0.5, 0.6) is 0 Å². The van der Waals surface area contributed by atoms with Gasteiger partial charge >= 0.3 is 0 Å². The van der Waals surface area contributed by atoms with Crippen LogP contribution in [-0.2, 0) is 12.0 Å². The SMILES string of the molecule is CN[C@@]12CCCC[C@@H]1Cc1sccc12. The molecule has 1 saturated carbocycles. The topological polar surface area (TPSA) is 12.0 Å². The van der Waals surface area contributed by atoms with Gasteiger partial charge in [-0.15, -0.1) is 11.3 Å². The molecule has 2 heteroatoms. The van der Waals surface area contributed by atoms with Crippen molar-refractivity contribution in [3.05, 3.63) is 21.9 Å². The first kappa shape index (κ1) is 8.93. The standard InChI is InChI=1S/C12H17NS/c1-13-12-6-3-2-4-9(12)8-11-10(12)5-7-14-11/h5,7,9,13H,2-4,6,8H2,1H3/t9-,12+/m1/s1. The Labute approximate surface area is 89.5 Å². The normalized spacial score (nSPS) is 35.4. The highest BCUT2D eigenvalue weighted by atomic mass is 32.1. The van der Waals surface area contributed by atoms with Gasteiger partial charge in [-0.05, 0) is 49.2 Å². The Balaban J connectivity index is 2.08. The maximum Gasteiger partial charge on any atom is 0.0475 e. The Hall–Kier alpha value is -0.340. The second kappa shape index (κ2) is 3.07. The fourth-order valence-electron chi connectivity index (χ4n) is 3.46. The van der Waals surface area contributed by atoms with Crippen LogP contribution in [0.1, 0.15) is 36.1 Å². The summed E-state index contributed by atoms with van der Waals surface area (Å²) in [7, 11) is 2.14. The number of hydrogen-bond donors (Lipinski definition) is 1. The molecule has 0 aliphatic heterocycles. The lowest BCUT2D eigenvalue weighted by atomic mass is 9.73. The number of hydrogen-bond acceptors (Lipinski definition) is 2. The molecule has 2 aliphatic rings. The summed E-state index contributed by atoms with van der Waals surface area (Å²) in [6, 6.07) is 2.35. The molecule has 1 N–H and O–H groups in total. The van der Waals surface area contributed by atoms with Gasteiger partial charge in [-0.2, -0.15) is 0 Å². The van der Waals surface area contributed by atoms with Crippen molar-refractivity contribution in [1.82, 2.24) is 5.32 Å². The lowest BCUT2D eigenvalue weighted by Crippen LogP contribution is -2.45. The molecule has 3 rings (SSSR count). The molecule has 1 heterocycles. The van der Waals surface area contributed by atoms with Crippen LogP contribution in [0.25, 0.3) is 0 Å². The van der Waals surface area contributed by atoms with Gasteiger partial charge in [-0.1, -0.05) is 12.8 Å². The number of thiophene rings is 1. The van der Waals surface area contributed by atoms with E-state index in [4.69, 9.17) is 0 Å². The van der Waals surface area contributed by atoms with Crippen LogP contribution in [0, 0.1) is 5.92 Å². The van der Waals surface area contributed by atoms with E-state index in [1.807, 2.05) is 11.3 Å². The Morgan fingerprint density at radius 1 is 1.50 bits per heavy atom. The van der Waals surface area contributed by atoms with E-state index in [0.717, 1.165) is 5.92 Å². The summed E-state index contributed by atoms with van der Waals surface area (Å²) in [6.45, 7) is 0. The van der Waals surface area contributed by atoms with Crippen LogP contribution in [0.4, 0.5) is 0 Å². The Morgan fingerprint density at radius 3 is 3.29 bits per heavy atom. The predicted octanol–water partition coefficient (Wildman–Crippen LogP) is 2.91. The van der Waals surface area contributed by atoms with Crippen LogP contribution >= 0.6 is 11.3 Å². The van der Waals surface area contributed by atoms with Crippen LogP contribution in [0.2, 0.25) is 0 Å². The summed E-state index contributed by atoms with van der Waals surface area (Å²) < 4.78 is 0. The van der Waals surface area contributed by atoms with Gasteiger partial charge in [0.25, 0.3) is 0 Å². The molecule has 0 spiro atoms. The molecule has 0 bridgehead atoms. The molecule has 2 atom stereocenters. The van der Waals surface area contributed by atoms with Gasteiger partial charge in [0.2, 0.25) is 0 Å². The van der Waals surface area contributed by atoms with Crippen molar-refractivity contribution in [2.75, 3.05) is 7.05 Å². The van der Waals surface area contributed by atoms with E-state index in [9.17, 15) is 0 Å². The Morgan fingerprint density at radius 2 is 2.43 bits per heavy atom. The molecule has 0 unspecified atom stereocenters. The van der Waals surface area contributed by atoms with E-state index in [1.165, 1.54) is 32.1 Å². The fourth-order valence-corrected chi connectivity index (χ4v) is 4.50. The van der Waals surface area contributed by atoms with Gasteiger partial charge in [0.05, 0.1) is 0 Å². The average Bonchev–Trinajstić information content (AvgIpc) is 2.76. The summed E-state index contributed by atoms with van der Waals surface area (Å²) in [6.07, 6.45) is 6.92. The summed E-state index contributed by atoms with van der Waals surface area (Å²) in [5, 5.41) is 5.89. The molecular weight excluding hydrogens is 190 g/mol. The zero-order valence-electron chi connectivity index (χ0n) is 8.68. The molecular formula is C12H17NS. The first-order valence-electron chi connectivity index (χ1n) is 5.62. The maximum absolute atomic E-state index is 3.63. The minimum atomic E-state index is 0.355. The van der Waals surface area contributed by atoms with E-state index < -0.39 is 0 Å². The highest BCUT2D eigenvalue weighted by Crippen LogP contribution is 2.51. The molecule has 0 aromatic carbocycles. The lowest BCUT2D eigenvalue weighted by Gasteiger charge is -2.40. The lowest BCUT2D eigenvalue weighted by molar-refractivity contribution is 0.171. The van der Waals surface area contributed by atoms with Gasteiger partial charge in [-0.3, -0.25) is 0 Å². The summed E-state index contributed by atoms with van der Waals surface area (Å²) >= 11 is 1.95. The third-order valence-corrected chi connectivity index (χ3v) is 5.12. The van der Waals surface area contributed by atoms with E-state index >= 15 is 0 Å². The number of rotatable bonds is 1. The molecule has 1 nitrogen and oxygen atoms in total. The molecule has 0 amide bonds. The van der Waals surface area contributed by atoms with Gasteiger partial charge < -0.3 is 5.32 Å². The average molecular weight is 207 g/mol. The molecule has 1 aromatic heterocycles. The van der Waals surface area contributed by atoms with Gasteiger partial charge in [0.1, 0.15) is 0 Å². The number of nitrogens with one attached hydrogen (secondary N) is 1. The highest BCUT2D eigenvalue weighted by Gasteiger charge is 2.47. The van der Waals surface area contributed by atoms with Crippen LogP contribution in [-0.4, -0.2) is 7.05 Å². The van der Waals surface area contributed by atoms with Gasteiger partial charge in [0, 0.05) is 10.4 Å². The van der Waals surface area contributed by atoms with Crippen molar-refractivity contribution in [2.24, 2.45) is 5.92 Å². The Kier molecular flexibility index (Phi) is 1.96. The number of fused-ring (bicyclic) bond motifs is 3. The minimum absolute atomic E-state index is 0.355. The highest BCUT2D eigenvalue weighted by molar-refractivity contribution is 7.10. The second-order valence-electron chi connectivity index (χ2n) is 4.63. The van der Waals surface area contributed by atoms with Crippen molar-refractivity contribution in [3.63, 3.8) is 0 Å². The van der Waals surface area contributed by atoms with E-state index in [1.54, 1.807) is 10.4 Å². The van der Waals surface area contributed by atoms with Crippen molar-refractivity contribution < 1.29 is 0 Å². The summed E-state index contributed by atoms with van der Waals surface area (Å²) in [5.41, 5.74) is 1.97. The monoisotopic (exact) mass is 207 g/mol. The maximum atomic E-state index is 3.63. The summed E-state index contributed by atoms with van der Waals surface area (Å²) in [4.78, 5) is 1.64. The van der Waals surface area contributed by atoms with Gasteiger partial charge in [-0.25, -0.2) is 0 Å². The predicted molar refractivity (Wildman–Crippen MR) is 60.7 cm³/mol. The van der Waals surface area contributed by atoms with Crippen molar-refractivity contribution in [1.29, 1.82) is 0 Å².